The Morgan fingerprint density at radius 1 is 0.923 bits per heavy atom. The van der Waals surface area contributed by atoms with Crippen LogP contribution in [0.4, 0.5) is 0 Å². The zero-order valence-electron chi connectivity index (χ0n) is 22.4. The molecular weight excluding hydrogens is 547 g/mol. The van der Waals surface area contributed by atoms with Crippen LogP contribution in [0, 0.1) is 6.92 Å². The number of hydrogen-bond donors (Lipinski definition) is 1. The Morgan fingerprint density at radius 2 is 1.64 bits per heavy atom. The summed E-state index contributed by atoms with van der Waals surface area (Å²) in [6, 6.07) is 23.1. The smallest absolute Gasteiger partial charge is 0.243 e. The average molecular weight is 584 g/mol. The first kappa shape index (κ1) is 29.5. The van der Waals surface area contributed by atoms with Gasteiger partial charge in [-0.3, -0.25) is 9.59 Å². The van der Waals surface area contributed by atoms with Gasteiger partial charge in [0, 0.05) is 36.1 Å². The van der Waals surface area contributed by atoms with Crippen molar-refractivity contribution in [2.45, 2.75) is 75.4 Å². The third-order valence-electron chi connectivity index (χ3n) is 7.17. The van der Waals surface area contributed by atoms with Gasteiger partial charge in [0.25, 0.3) is 0 Å². The van der Waals surface area contributed by atoms with Gasteiger partial charge >= 0.3 is 0 Å². The molecule has 1 aliphatic carbocycles. The van der Waals surface area contributed by atoms with Crippen molar-refractivity contribution in [1.82, 2.24) is 10.2 Å². The van der Waals surface area contributed by atoms with E-state index in [2.05, 4.69) is 36.5 Å². The van der Waals surface area contributed by atoms with Crippen molar-refractivity contribution < 1.29 is 9.59 Å². The molecule has 1 aliphatic rings. The zero-order chi connectivity index (χ0) is 27.6. The second kappa shape index (κ2) is 14.8. The Balaban J connectivity index is 1.57. The van der Waals surface area contributed by atoms with Gasteiger partial charge in [-0.15, -0.1) is 11.8 Å². The first-order valence-electron chi connectivity index (χ1n) is 13.7. The second-order valence-electron chi connectivity index (χ2n) is 10.2. The van der Waals surface area contributed by atoms with E-state index in [9.17, 15) is 9.59 Å². The van der Waals surface area contributed by atoms with E-state index < -0.39 is 6.04 Å². The molecule has 1 saturated carbocycles. The van der Waals surface area contributed by atoms with E-state index in [-0.39, 0.29) is 24.4 Å². The predicted molar refractivity (Wildman–Crippen MR) is 162 cm³/mol. The minimum atomic E-state index is -0.638. The van der Waals surface area contributed by atoms with Crippen LogP contribution in [0.15, 0.2) is 77.7 Å². The van der Waals surface area contributed by atoms with Crippen LogP contribution < -0.4 is 5.32 Å². The van der Waals surface area contributed by atoms with Crippen LogP contribution in [0.3, 0.4) is 0 Å². The minimum Gasteiger partial charge on any atom is -0.352 e. The molecule has 0 aliphatic heterocycles. The fourth-order valence-electron chi connectivity index (χ4n) is 4.97. The lowest BCUT2D eigenvalue weighted by atomic mass is 9.94. The van der Waals surface area contributed by atoms with E-state index >= 15 is 0 Å². The highest BCUT2D eigenvalue weighted by Crippen LogP contribution is 2.26. The first-order chi connectivity index (χ1) is 18.9. The molecule has 0 heterocycles. The number of amides is 2. The highest BCUT2D eigenvalue weighted by Gasteiger charge is 2.31. The van der Waals surface area contributed by atoms with Gasteiger partial charge < -0.3 is 10.2 Å². The van der Waals surface area contributed by atoms with Gasteiger partial charge in [-0.25, -0.2) is 0 Å². The molecule has 0 saturated heterocycles. The molecule has 3 aromatic rings. The van der Waals surface area contributed by atoms with E-state index in [0.29, 0.717) is 28.6 Å². The molecule has 4 rings (SSSR count). The molecule has 2 amide bonds. The van der Waals surface area contributed by atoms with Crippen LogP contribution in [-0.2, 0) is 22.6 Å². The summed E-state index contributed by atoms with van der Waals surface area (Å²) in [7, 11) is 0. The lowest BCUT2D eigenvalue weighted by Gasteiger charge is -2.33. The molecule has 1 N–H and O–H groups in total. The monoisotopic (exact) mass is 582 g/mol. The average Bonchev–Trinajstić information content (AvgIpc) is 2.94. The van der Waals surface area contributed by atoms with Gasteiger partial charge in [0.1, 0.15) is 6.04 Å². The van der Waals surface area contributed by atoms with Crippen molar-refractivity contribution in [1.29, 1.82) is 0 Å². The summed E-state index contributed by atoms with van der Waals surface area (Å²) in [5.41, 5.74) is 3.06. The third kappa shape index (κ3) is 9.02. The number of carbonyl (C=O) groups excluding carboxylic acids is 2. The lowest BCUT2D eigenvalue weighted by molar-refractivity contribution is -0.141. The van der Waals surface area contributed by atoms with Crippen LogP contribution in [0.2, 0.25) is 10.0 Å². The summed E-state index contributed by atoms with van der Waals surface area (Å²) in [4.78, 5) is 30.6. The van der Waals surface area contributed by atoms with Crippen LogP contribution in [-0.4, -0.2) is 34.6 Å². The molecule has 0 aromatic heterocycles. The largest absolute Gasteiger partial charge is 0.352 e. The fraction of sp³-hybridized carbons (Fsp3) is 0.375. The molecule has 4 nitrogen and oxygen atoms in total. The highest BCUT2D eigenvalue weighted by atomic mass is 35.5. The van der Waals surface area contributed by atoms with Gasteiger partial charge in [-0.05, 0) is 55.2 Å². The molecular formula is C32H36Cl2N2O2S. The van der Waals surface area contributed by atoms with E-state index in [4.69, 9.17) is 23.2 Å². The third-order valence-corrected chi connectivity index (χ3v) is 8.92. The highest BCUT2D eigenvalue weighted by molar-refractivity contribution is 7.99. The van der Waals surface area contributed by atoms with Crippen LogP contribution >= 0.6 is 35.0 Å². The maximum Gasteiger partial charge on any atom is 0.243 e. The molecule has 3 aromatic carbocycles. The maximum atomic E-state index is 13.8. The van der Waals surface area contributed by atoms with Crippen molar-refractivity contribution in [3.63, 3.8) is 0 Å². The normalized spacial score (nSPS) is 14.5. The number of hydrogen-bond acceptors (Lipinski definition) is 3. The molecule has 0 bridgehead atoms. The fourth-order valence-corrected chi connectivity index (χ4v) is 6.13. The molecule has 0 unspecified atom stereocenters. The predicted octanol–water partition coefficient (Wildman–Crippen LogP) is 7.87. The standard InChI is InChI=1S/C32H36Cl2N2O2S/c1-23-12-15-27(16-13-23)39-19-18-31(37)36(22-25-14-17-28(33)29(34)20-25)30(21-24-8-4-2-5-9-24)32(38)35-26-10-6-3-7-11-26/h2,4-5,8-9,12-17,20,26,30H,3,6-7,10-11,18-19,21-22H2,1H3,(H,35,38)/t30-/m1/s1. The van der Waals surface area contributed by atoms with Gasteiger partial charge in [0.15, 0.2) is 0 Å². The summed E-state index contributed by atoms with van der Waals surface area (Å²) in [5, 5.41) is 4.18. The quantitative estimate of drug-likeness (QED) is 0.234. The number of benzene rings is 3. The maximum absolute atomic E-state index is 13.8. The lowest BCUT2D eigenvalue weighted by Crippen LogP contribution is -2.52. The van der Waals surface area contributed by atoms with E-state index in [1.807, 2.05) is 36.4 Å². The van der Waals surface area contributed by atoms with Crippen molar-refractivity contribution >= 4 is 46.8 Å². The van der Waals surface area contributed by atoms with Crippen LogP contribution in [0.5, 0.6) is 0 Å². The topological polar surface area (TPSA) is 49.4 Å². The van der Waals surface area contributed by atoms with E-state index in [1.54, 1.807) is 28.8 Å². The molecule has 1 fully saturated rings. The molecule has 206 valence electrons. The number of carbonyl (C=O) groups is 2. The Bertz CT molecular complexity index is 1230. The van der Waals surface area contributed by atoms with Crippen LogP contribution in [0.25, 0.3) is 0 Å². The molecule has 1 atom stereocenters. The molecule has 7 heteroatoms. The van der Waals surface area contributed by atoms with Gasteiger partial charge in [0.2, 0.25) is 11.8 Å². The summed E-state index contributed by atoms with van der Waals surface area (Å²) >= 11 is 14.1. The summed E-state index contributed by atoms with van der Waals surface area (Å²) in [5.74, 6) is 0.480. The number of rotatable bonds is 11. The number of nitrogens with zero attached hydrogens (tertiary/aromatic N) is 1. The SMILES string of the molecule is Cc1ccc(SCCC(=O)N(Cc2ccc(Cl)c(Cl)c2)[C@H](Cc2ccccc2)C(=O)NC2CCCCC2)cc1. The van der Waals surface area contributed by atoms with Gasteiger partial charge in [-0.2, -0.15) is 0 Å². The van der Waals surface area contributed by atoms with E-state index in [0.717, 1.165) is 41.7 Å². The first-order valence-corrected chi connectivity index (χ1v) is 15.4. The second-order valence-corrected chi connectivity index (χ2v) is 12.2. The minimum absolute atomic E-state index is 0.0552. The summed E-state index contributed by atoms with van der Waals surface area (Å²) in [6.07, 6.45) is 6.18. The number of halogens is 2. The summed E-state index contributed by atoms with van der Waals surface area (Å²) < 4.78 is 0. The molecule has 39 heavy (non-hydrogen) atoms. The van der Waals surface area contributed by atoms with Gasteiger partial charge in [-0.1, -0.05) is 96.6 Å². The molecule has 0 radical (unpaired) electrons. The summed E-state index contributed by atoms with van der Waals surface area (Å²) in [6.45, 7) is 2.34. The van der Waals surface area contributed by atoms with Crippen molar-refractivity contribution in [3.05, 3.63) is 99.5 Å². The van der Waals surface area contributed by atoms with Crippen molar-refractivity contribution in [3.8, 4) is 0 Å². The van der Waals surface area contributed by atoms with Crippen LogP contribution in [0.1, 0.15) is 55.2 Å². The number of nitrogens with one attached hydrogen (secondary N) is 1. The van der Waals surface area contributed by atoms with E-state index in [1.165, 1.54) is 12.0 Å². The van der Waals surface area contributed by atoms with Crippen molar-refractivity contribution in [2.24, 2.45) is 0 Å². The Morgan fingerprint density at radius 3 is 2.33 bits per heavy atom. The Labute approximate surface area is 246 Å². The Hall–Kier alpha value is -2.47. The zero-order valence-corrected chi connectivity index (χ0v) is 24.7. The number of aryl methyl sites for hydroxylation is 1. The number of thioether (sulfide) groups is 1. The molecule has 0 spiro atoms. The van der Waals surface area contributed by atoms with Crippen molar-refractivity contribution in [2.75, 3.05) is 5.75 Å². The Kier molecular flexibility index (Phi) is 11.2. The van der Waals surface area contributed by atoms with Gasteiger partial charge in [0.05, 0.1) is 10.0 Å².